The molecule has 1 aliphatic heterocycles. The van der Waals surface area contributed by atoms with Crippen LogP contribution in [-0.2, 0) is 4.79 Å². The zero-order valence-corrected chi connectivity index (χ0v) is 13.6. The maximum atomic E-state index is 12.4. The molecule has 4 nitrogen and oxygen atoms in total. The number of thiazole rings is 1. The molecule has 5 heteroatoms. The molecule has 1 aliphatic carbocycles. The number of nitrogens with one attached hydrogen (secondary N) is 2. The number of carbonyl (C=O) groups excluding carboxylic acids is 1. The van der Waals surface area contributed by atoms with E-state index in [9.17, 15) is 4.79 Å². The number of anilines is 1. The molecule has 2 heterocycles. The highest BCUT2D eigenvalue weighted by atomic mass is 32.1. The van der Waals surface area contributed by atoms with E-state index >= 15 is 0 Å². The molecule has 1 aromatic heterocycles. The standard InChI is InChI=1S/C17H21N3OS/c1-10-8-12(6-7-18-10)16(21)19-13-4-5-14-15(9-13)22-17(20-14)11-2-3-11/h4-5,9-12,18H,2-3,6-8H2,1H3,(H,19,21)/t10-,12-/m0/s1. The highest BCUT2D eigenvalue weighted by Gasteiger charge is 2.27. The van der Waals surface area contributed by atoms with Crippen LogP contribution in [0.15, 0.2) is 18.2 Å². The largest absolute Gasteiger partial charge is 0.326 e. The molecule has 0 unspecified atom stereocenters. The number of hydrogen-bond donors (Lipinski definition) is 2. The van der Waals surface area contributed by atoms with Gasteiger partial charge in [0, 0.05) is 23.6 Å². The molecule has 2 fully saturated rings. The molecule has 1 aromatic carbocycles. The van der Waals surface area contributed by atoms with Gasteiger partial charge >= 0.3 is 0 Å². The van der Waals surface area contributed by atoms with Gasteiger partial charge in [-0.2, -0.15) is 0 Å². The van der Waals surface area contributed by atoms with Crippen molar-refractivity contribution >= 4 is 33.1 Å². The molecule has 2 atom stereocenters. The Morgan fingerprint density at radius 3 is 3.00 bits per heavy atom. The first kappa shape index (κ1) is 14.2. The van der Waals surface area contributed by atoms with E-state index in [0.717, 1.165) is 30.6 Å². The number of hydrogen-bond acceptors (Lipinski definition) is 4. The fraction of sp³-hybridized carbons (Fsp3) is 0.529. The van der Waals surface area contributed by atoms with Crippen molar-refractivity contribution in [2.75, 3.05) is 11.9 Å². The summed E-state index contributed by atoms with van der Waals surface area (Å²) >= 11 is 1.77. The number of fused-ring (bicyclic) bond motifs is 1. The van der Waals surface area contributed by atoms with Crippen LogP contribution in [0.2, 0.25) is 0 Å². The summed E-state index contributed by atoms with van der Waals surface area (Å²) in [4.78, 5) is 17.1. The number of carbonyl (C=O) groups is 1. The minimum atomic E-state index is 0.121. The topological polar surface area (TPSA) is 54.0 Å². The molecular weight excluding hydrogens is 294 g/mol. The average molecular weight is 315 g/mol. The third-order valence-electron chi connectivity index (χ3n) is 4.59. The SMILES string of the molecule is C[C@H]1C[C@@H](C(=O)Nc2ccc3nc(C4CC4)sc3c2)CCN1. The lowest BCUT2D eigenvalue weighted by molar-refractivity contribution is -0.120. The van der Waals surface area contributed by atoms with Gasteiger partial charge in [0.15, 0.2) is 0 Å². The highest BCUT2D eigenvalue weighted by Crippen LogP contribution is 2.43. The minimum absolute atomic E-state index is 0.121. The molecule has 1 saturated heterocycles. The molecule has 2 aliphatic rings. The number of rotatable bonds is 3. The monoisotopic (exact) mass is 315 g/mol. The van der Waals surface area contributed by atoms with Crippen LogP contribution in [-0.4, -0.2) is 23.5 Å². The lowest BCUT2D eigenvalue weighted by Crippen LogP contribution is -2.40. The molecule has 0 radical (unpaired) electrons. The number of benzene rings is 1. The van der Waals surface area contributed by atoms with Crippen LogP contribution in [0, 0.1) is 5.92 Å². The maximum absolute atomic E-state index is 12.4. The second-order valence-electron chi connectivity index (χ2n) is 6.57. The third kappa shape index (κ3) is 2.88. The number of nitrogens with zero attached hydrogens (tertiary/aromatic N) is 1. The Balaban J connectivity index is 1.49. The predicted molar refractivity (Wildman–Crippen MR) is 90.4 cm³/mol. The molecule has 116 valence electrons. The van der Waals surface area contributed by atoms with Crippen LogP contribution in [0.3, 0.4) is 0 Å². The fourth-order valence-corrected chi connectivity index (χ4v) is 4.32. The van der Waals surface area contributed by atoms with Crippen molar-refractivity contribution in [2.24, 2.45) is 5.92 Å². The van der Waals surface area contributed by atoms with Crippen LogP contribution in [0.1, 0.15) is 43.5 Å². The quantitative estimate of drug-likeness (QED) is 0.911. The summed E-state index contributed by atoms with van der Waals surface area (Å²) in [7, 11) is 0. The van der Waals surface area contributed by atoms with Gasteiger partial charge in [0.25, 0.3) is 0 Å². The van der Waals surface area contributed by atoms with E-state index in [0.29, 0.717) is 12.0 Å². The second-order valence-corrected chi connectivity index (χ2v) is 7.64. The average Bonchev–Trinajstić information content (AvgIpc) is 3.27. The molecule has 1 amide bonds. The van der Waals surface area contributed by atoms with Crippen molar-refractivity contribution in [2.45, 2.75) is 44.6 Å². The van der Waals surface area contributed by atoms with Crippen LogP contribution < -0.4 is 10.6 Å². The zero-order chi connectivity index (χ0) is 15.1. The van der Waals surface area contributed by atoms with Crippen molar-refractivity contribution < 1.29 is 4.79 Å². The summed E-state index contributed by atoms with van der Waals surface area (Å²) in [6, 6.07) is 6.50. The summed E-state index contributed by atoms with van der Waals surface area (Å²) < 4.78 is 1.18. The summed E-state index contributed by atoms with van der Waals surface area (Å²) in [6.07, 6.45) is 4.39. The first-order valence-electron chi connectivity index (χ1n) is 8.14. The van der Waals surface area contributed by atoms with Gasteiger partial charge in [0.2, 0.25) is 5.91 Å². The van der Waals surface area contributed by atoms with E-state index in [1.807, 2.05) is 12.1 Å². The van der Waals surface area contributed by atoms with Gasteiger partial charge in [0.1, 0.15) is 0 Å². The molecule has 2 aromatic rings. The maximum Gasteiger partial charge on any atom is 0.227 e. The Morgan fingerprint density at radius 1 is 1.36 bits per heavy atom. The van der Waals surface area contributed by atoms with Gasteiger partial charge in [-0.25, -0.2) is 4.98 Å². The van der Waals surface area contributed by atoms with Crippen LogP contribution in [0.5, 0.6) is 0 Å². The third-order valence-corrected chi connectivity index (χ3v) is 5.77. The first-order valence-corrected chi connectivity index (χ1v) is 8.95. The van der Waals surface area contributed by atoms with Crippen LogP contribution in [0.25, 0.3) is 10.2 Å². The predicted octanol–water partition coefficient (Wildman–Crippen LogP) is 3.50. The van der Waals surface area contributed by atoms with Gasteiger partial charge in [-0.15, -0.1) is 11.3 Å². The van der Waals surface area contributed by atoms with E-state index < -0.39 is 0 Å². The van der Waals surface area contributed by atoms with Gasteiger partial charge in [-0.1, -0.05) is 0 Å². The van der Waals surface area contributed by atoms with E-state index in [1.54, 1.807) is 11.3 Å². The van der Waals surface area contributed by atoms with Gasteiger partial charge in [-0.3, -0.25) is 4.79 Å². The molecule has 0 spiro atoms. The lowest BCUT2D eigenvalue weighted by atomic mass is 9.92. The summed E-state index contributed by atoms with van der Waals surface area (Å²) in [5.74, 6) is 0.960. The van der Waals surface area contributed by atoms with Crippen molar-refractivity contribution in [3.8, 4) is 0 Å². The van der Waals surface area contributed by atoms with E-state index in [4.69, 9.17) is 4.98 Å². The van der Waals surface area contributed by atoms with E-state index in [2.05, 4.69) is 23.6 Å². The Morgan fingerprint density at radius 2 is 2.23 bits per heavy atom. The van der Waals surface area contributed by atoms with Crippen LogP contribution >= 0.6 is 11.3 Å². The Hall–Kier alpha value is -1.46. The Labute approximate surface area is 134 Å². The van der Waals surface area contributed by atoms with Gasteiger partial charge in [0.05, 0.1) is 15.2 Å². The Kier molecular flexibility index (Phi) is 3.62. The van der Waals surface area contributed by atoms with Crippen LogP contribution in [0.4, 0.5) is 5.69 Å². The summed E-state index contributed by atoms with van der Waals surface area (Å²) in [5.41, 5.74) is 1.95. The zero-order valence-electron chi connectivity index (χ0n) is 12.8. The lowest BCUT2D eigenvalue weighted by Gasteiger charge is -2.27. The van der Waals surface area contributed by atoms with Crippen molar-refractivity contribution in [3.63, 3.8) is 0 Å². The van der Waals surface area contributed by atoms with Gasteiger partial charge < -0.3 is 10.6 Å². The van der Waals surface area contributed by atoms with Crippen molar-refractivity contribution in [3.05, 3.63) is 23.2 Å². The smallest absolute Gasteiger partial charge is 0.227 e. The number of piperidine rings is 1. The summed E-state index contributed by atoms with van der Waals surface area (Å²) in [6.45, 7) is 3.07. The van der Waals surface area contributed by atoms with Crippen molar-refractivity contribution in [1.82, 2.24) is 10.3 Å². The number of aromatic nitrogens is 1. The molecule has 0 bridgehead atoms. The normalized spacial score (nSPS) is 25.3. The molecular formula is C17H21N3OS. The first-order chi connectivity index (χ1) is 10.7. The Bertz CT molecular complexity index is 707. The second kappa shape index (κ2) is 5.63. The van der Waals surface area contributed by atoms with E-state index in [1.165, 1.54) is 22.5 Å². The molecule has 1 saturated carbocycles. The van der Waals surface area contributed by atoms with E-state index in [-0.39, 0.29) is 11.8 Å². The minimum Gasteiger partial charge on any atom is -0.326 e. The van der Waals surface area contributed by atoms with Gasteiger partial charge in [-0.05, 0) is 57.4 Å². The van der Waals surface area contributed by atoms with Crippen molar-refractivity contribution in [1.29, 1.82) is 0 Å². The molecule has 4 rings (SSSR count). The molecule has 22 heavy (non-hydrogen) atoms. The highest BCUT2D eigenvalue weighted by molar-refractivity contribution is 7.18. The number of amides is 1. The molecule has 2 N–H and O–H groups in total. The summed E-state index contributed by atoms with van der Waals surface area (Å²) in [5, 5.41) is 7.73. The fourth-order valence-electron chi connectivity index (χ4n) is 3.14.